The summed E-state index contributed by atoms with van der Waals surface area (Å²) in [6.45, 7) is 1.99. The van der Waals surface area contributed by atoms with Crippen LogP contribution in [0, 0.1) is 17.2 Å². The number of nitriles is 1. The molecule has 27 heavy (non-hydrogen) atoms. The van der Waals surface area contributed by atoms with Crippen molar-refractivity contribution >= 4 is 5.71 Å². The predicted octanol–water partition coefficient (Wildman–Crippen LogP) is 4.82. The smallest absolute Gasteiger partial charge is 0.266 e. The Morgan fingerprint density at radius 3 is 2.52 bits per heavy atom. The SMILES string of the molecule is CC1CCCC/C1=N\n1c(-c2ccccc2)cc(C(F)(F)F)c(C#N)c1=O. The maximum atomic E-state index is 13.4. The molecule has 0 amide bonds. The largest absolute Gasteiger partial charge is 0.417 e. The Balaban J connectivity index is 2.33. The number of nitrogens with zero attached hydrogens (tertiary/aromatic N) is 3. The van der Waals surface area contributed by atoms with Gasteiger partial charge in [-0.15, -0.1) is 0 Å². The molecule has 140 valence electrons. The van der Waals surface area contributed by atoms with Crippen LogP contribution in [0.5, 0.6) is 0 Å². The number of hydrogen-bond donors (Lipinski definition) is 0. The van der Waals surface area contributed by atoms with Gasteiger partial charge in [0.05, 0.1) is 11.3 Å². The van der Waals surface area contributed by atoms with Crippen LogP contribution in [-0.4, -0.2) is 10.4 Å². The predicted molar refractivity (Wildman–Crippen MR) is 96.3 cm³/mol. The van der Waals surface area contributed by atoms with Crippen molar-refractivity contribution in [3.05, 3.63) is 57.9 Å². The number of rotatable bonds is 2. The highest BCUT2D eigenvalue weighted by atomic mass is 19.4. The molecule has 1 aromatic heterocycles. The van der Waals surface area contributed by atoms with Gasteiger partial charge in [0.1, 0.15) is 11.6 Å². The fourth-order valence-corrected chi connectivity index (χ4v) is 3.29. The van der Waals surface area contributed by atoms with E-state index in [0.29, 0.717) is 12.0 Å². The molecule has 1 atom stereocenters. The molecule has 0 bridgehead atoms. The van der Waals surface area contributed by atoms with Crippen molar-refractivity contribution < 1.29 is 13.2 Å². The summed E-state index contributed by atoms with van der Waals surface area (Å²) in [5.74, 6) is 0.141. The van der Waals surface area contributed by atoms with Crippen molar-refractivity contribution in [2.75, 3.05) is 0 Å². The van der Waals surface area contributed by atoms with E-state index in [-0.39, 0.29) is 11.6 Å². The van der Waals surface area contributed by atoms with Crippen molar-refractivity contribution in [2.45, 2.75) is 38.8 Å². The Bertz CT molecular complexity index is 969. The van der Waals surface area contributed by atoms with E-state index in [2.05, 4.69) is 5.10 Å². The fraction of sp³-hybridized carbons (Fsp3) is 0.350. The molecule has 2 aromatic rings. The third-order valence-electron chi connectivity index (χ3n) is 4.79. The van der Waals surface area contributed by atoms with Crippen molar-refractivity contribution in [1.29, 1.82) is 5.26 Å². The Kier molecular flexibility index (Phi) is 5.17. The van der Waals surface area contributed by atoms with E-state index in [4.69, 9.17) is 0 Å². The average molecular weight is 373 g/mol. The summed E-state index contributed by atoms with van der Waals surface area (Å²) in [4.78, 5) is 12.8. The molecule has 1 aliphatic rings. The number of alkyl halides is 3. The lowest BCUT2D eigenvalue weighted by Gasteiger charge is -2.21. The Labute approximate surface area is 154 Å². The van der Waals surface area contributed by atoms with E-state index in [1.165, 1.54) is 6.07 Å². The number of benzene rings is 1. The van der Waals surface area contributed by atoms with Crippen LogP contribution in [0.25, 0.3) is 11.3 Å². The lowest BCUT2D eigenvalue weighted by atomic mass is 9.89. The molecular formula is C20H18F3N3O. The van der Waals surface area contributed by atoms with E-state index in [1.54, 1.807) is 30.3 Å². The lowest BCUT2D eigenvalue weighted by molar-refractivity contribution is -0.137. The first kappa shape index (κ1) is 18.9. The molecule has 1 aromatic carbocycles. The zero-order valence-electron chi connectivity index (χ0n) is 14.8. The molecule has 4 nitrogen and oxygen atoms in total. The molecule has 0 saturated heterocycles. The molecule has 0 spiro atoms. The first-order valence-corrected chi connectivity index (χ1v) is 8.73. The number of pyridine rings is 1. The van der Waals surface area contributed by atoms with Crippen molar-refractivity contribution in [2.24, 2.45) is 11.0 Å². The second-order valence-electron chi connectivity index (χ2n) is 6.65. The standard InChI is InChI=1S/C20H18F3N3O/c1-13-7-5-6-10-17(13)25-26-18(14-8-3-2-4-9-14)11-16(20(21,22)23)15(12-24)19(26)27/h2-4,8-9,11,13H,5-7,10H2,1H3/b25-17+. The van der Waals surface area contributed by atoms with E-state index in [9.17, 15) is 23.2 Å². The molecular weight excluding hydrogens is 355 g/mol. The molecule has 0 aliphatic heterocycles. The maximum absolute atomic E-state index is 13.4. The van der Waals surface area contributed by atoms with Gasteiger partial charge in [0.25, 0.3) is 5.56 Å². The molecule has 3 rings (SSSR count). The minimum absolute atomic E-state index is 0.0252. The highest BCUT2D eigenvalue weighted by molar-refractivity contribution is 5.87. The van der Waals surface area contributed by atoms with Crippen molar-refractivity contribution in [3.8, 4) is 17.3 Å². The summed E-state index contributed by atoms with van der Waals surface area (Å²) in [6, 6.07) is 10.6. The maximum Gasteiger partial charge on any atom is 0.417 e. The van der Waals surface area contributed by atoms with Crippen LogP contribution in [0.15, 0.2) is 46.3 Å². The first-order valence-electron chi connectivity index (χ1n) is 8.73. The van der Waals surface area contributed by atoms with Crippen LogP contribution in [0.3, 0.4) is 0 Å². The lowest BCUT2D eigenvalue weighted by Crippen LogP contribution is -2.28. The van der Waals surface area contributed by atoms with Gasteiger partial charge in [0.15, 0.2) is 0 Å². The topological polar surface area (TPSA) is 58.1 Å². The van der Waals surface area contributed by atoms with Gasteiger partial charge in [-0.25, -0.2) is 0 Å². The monoisotopic (exact) mass is 373 g/mol. The molecule has 1 heterocycles. The zero-order chi connectivity index (χ0) is 19.6. The Morgan fingerprint density at radius 1 is 1.22 bits per heavy atom. The summed E-state index contributed by atoms with van der Waals surface area (Å²) in [5.41, 5.74) is -1.99. The minimum atomic E-state index is -4.81. The minimum Gasteiger partial charge on any atom is -0.266 e. The second kappa shape index (κ2) is 7.39. The Morgan fingerprint density at radius 2 is 1.93 bits per heavy atom. The molecule has 1 aliphatic carbocycles. The van der Waals surface area contributed by atoms with Crippen LogP contribution in [0.2, 0.25) is 0 Å². The number of hydrogen-bond acceptors (Lipinski definition) is 3. The summed E-state index contributed by atoms with van der Waals surface area (Å²) >= 11 is 0. The molecule has 7 heteroatoms. The molecule has 0 radical (unpaired) electrons. The average Bonchev–Trinajstić information content (AvgIpc) is 2.64. The van der Waals surface area contributed by atoms with Crippen LogP contribution in [0.1, 0.15) is 43.7 Å². The van der Waals surface area contributed by atoms with Crippen LogP contribution in [-0.2, 0) is 6.18 Å². The molecule has 0 N–H and O–H groups in total. The van der Waals surface area contributed by atoms with Crippen LogP contribution < -0.4 is 5.56 Å². The van der Waals surface area contributed by atoms with Crippen molar-refractivity contribution in [1.82, 2.24) is 4.68 Å². The first-order chi connectivity index (χ1) is 12.8. The van der Waals surface area contributed by atoms with E-state index < -0.39 is 22.9 Å². The molecule has 1 saturated carbocycles. The van der Waals surface area contributed by atoms with Gasteiger partial charge < -0.3 is 0 Å². The Hall–Kier alpha value is -2.88. The highest BCUT2D eigenvalue weighted by Gasteiger charge is 2.36. The van der Waals surface area contributed by atoms with Gasteiger partial charge in [-0.05, 0) is 31.2 Å². The summed E-state index contributed by atoms with van der Waals surface area (Å²) in [6.07, 6.45) is -1.23. The normalized spacial score (nSPS) is 19.1. The van der Waals surface area contributed by atoms with Crippen LogP contribution >= 0.6 is 0 Å². The van der Waals surface area contributed by atoms with Crippen LogP contribution in [0.4, 0.5) is 13.2 Å². The molecule has 1 unspecified atom stereocenters. The summed E-state index contributed by atoms with van der Waals surface area (Å²) < 4.78 is 41.2. The van der Waals surface area contributed by atoms with E-state index in [0.717, 1.165) is 35.7 Å². The fourth-order valence-electron chi connectivity index (χ4n) is 3.29. The summed E-state index contributed by atoms with van der Waals surface area (Å²) in [5, 5.41) is 13.6. The third kappa shape index (κ3) is 3.80. The number of halogens is 3. The number of aromatic nitrogens is 1. The third-order valence-corrected chi connectivity index (χ3v) is 4.79. The second-order valence-corrected chi connectivity index (χ2v) is 6.65. The quantitative estimate of drug-likeness (QED) is 0.758. The van der Waals surface area contributed by atoms with Gasteiger partial charge in [-0.1, -0.05) is 43.7 Å². The summed E-state index contributed by atoms with van der Waals surface area (Å²) in [7, 11) is 0. The van der Waals surface area contributed by atoms with Crippen molar-refractivity contribution in [3.63, 3.8) is 0 Å². The van der Waals surface area contributed by atoms with Gasteiger partial charge in [0.2, 0.25) is 0 Å². The van der Waals surface area contributed by atoms with Gasteiger partial charge in [-0.3, -0.25) is 4.79 Å². The van der Waals surface area contributed by atoms with E-state index >= 15 is 0 Å². The van der Waals surface area contributed by atoms with Gasteiger partial charge in [-0.2, -0.15) is 28.2 Å². The highest BCUT2D eigenvalue weighted by Crippen LogP contribution is 2.33. The van der Waals surface area contributed by atoms with Gasteiger partial charge in [0, 0.05) is 11.3 Å². The van der Waals surface area contributed by atoms with Gasteiger partial charge >= 0.3 is 6.18 Å². The van der Waals surface area contributed by atoms with E-state index in [1.807, 2.05) is 6.92 Å². The zero-order valence-corrected chi connectivity index (χ0v) is 14.8. The molecule has 1 fully saturated rings.